The van der Waals surface area contributed by atoms with E-state index in [1.54, 1.807) is 18.2 Å². The molecule has 0 bridgehead atoms. The molecule has 5 heteroatoms. The maximum Gasteiger partial charge on any atom is 0.311 e. The number of ether oxygens (including phenoxy) is 1. The minimum atomic E-state index is -0.855. The van der Waals surface area contributed by atoms with Crippen LogP contribution in [-0.2, 0) is 4.79 Å². The highest BCUT2D eigenvalue weighted by Crippen LogP contribution is 2.55. The zero-order valence-electron chi connectivity index (χ0n) is 9.44. The molecule has 92 valence electrons. The Morgan fingerprint density at radius 3 is 2.71 bits per heavy atom. The van der Waals surface area contributed by atoms with Crippen molar-refractivity contribution in [3.8, 4) is 5.75 Å². The Hall–Kier alpha value is -1.26. The summed E-state index contributed by atoms with van der Waals surface area (Å²) in [4.78, 5) is 11.2. The second-order valence-corrected chi connectivity index (χ2v) is 4.76. The van der Waals surface area contributed by atoms with Crippen LogP contribution in [-0.4, -0.2) is 18.2 Å². The predicted molar refractivity (Wildman–Crippen MR) is 64.2 cm³/mol. The van der Waals surface area contributed by atoms with Crippen molar-refractivity contribution in [2.24, 2.45) is 11.1 Å². The number of nitrogens with two attached hydrogens (primary N) is 1. The predicted octanol–water partition coefficient (Wildman–Crippen LogP) is 2.21. The molecule has 0 aromatic heterocycles. The van der Waals surface area contributed by atoms with E-state index < -0.39 is 17.4 Å². The molecular weight excluding hydrogens is 242 g/mol. The van der Waals surface area contributed by atoms with Gasteiger partial charge in [0.05, 0.1) is 12.5 Å². The average molecular weight is 256 g/mol. The molecule has 1 aromatic carbocycles. The molecule has 1 atom stereocenters. The van der Waals surface area contributed by atoms with Crippen molar-refractivity contribution in [2.45, 2.75) is 18.9 Å². The van der Waals surface area contributed by atoms with Crippen molar-refractivity contribution in [3.05, 3.63) is 28.8 Å². The van der Waals surface area contributed by atoms with Gasteiger partial charge in [-0.25, -0.2) is 0 Å². The topological polar surface area (TPSA) is 72.5 Å². The van der Waals surface area contributed by atoms with E-state index in [1.165, 1.54) is 7.11 Å². The van der Waals surface area contributed by atoms with Gasteiger partial charge in [0, 0.05) is 16.6 Å². The zero-order chi connectivity index (χ0) is 12.6. The zero-order valence-corrected chi connectivity index (χ0v) is 10.2. The number of hydrogen-bond donors (Lipinski definition) is 2. The third-order valence-electron chi connectivity index (χ3n) is 3.34. The molecule has 17 heavy (non-hydrogen) atoms. The van der Waals surface area contributed by atoms with Gasteiger partial charge >= 0.3 is 5.97 Å². The third-order valence-corrected chi connectivity index (χ3v) is 3.57. The SMILES string of the molecule is COc1ccc(Cl)cc1C(N)C1(C(=O)O)CC1. The fourth-order valence-corrected chi connectivity index (χ4v) is 2.22. The number of benzene rings is 1. The average Bonchev–Trinajstić information content (AvgIpc) is 3.09. The molecule has 0 radical (unpaired) electrons. The van der Waals surface area contributed by atoms with Crippen LogP contribution in [0.2, 0.25) is 5.02 Å². The molecule has 1 fully saturated rings. The molecule has 0 spiro atoms. The number of carboxylic acids is 1. The molecule has 0 aliphatic heterocycles. The minimum absolute atomic E-state index is 0.525. The van der Waals surface area contributed by atoms with Gasteiger partial charge in [-0.3, -0.25) is 4.79 Å². The van der Waals surface area contributed by atoms with Crippen LogP contribution in [0, 0.1) is 5.41 Å². The molecule has 1 aromatic rings. The molecular formula is C12H14ClNO3. The number of rotatable bonds is 4. The Kier molecular flexibility index (Phi) is 3.02. The molecule has 4 nitrogen and oxygen atoms in total. The lowest BCUT2D eigenvalue weighted by Gasteiger charge is -2.21. The summed E-state index contributed by atoms with van der Waals surface area (Å²) in [5, 5.41) is 9.74. The van der Waals surface area contributed by atoms with Crippen LogP contribution >= 0.6 is 11.6 Å². The van der Waals surface area contributed by atoms with Crippen LogP contribution in [0.15, 0.2) is 18.2 Å². The summed E-state index contributed by atoms with van der Waals surface area (Å²) in [6, 6.07) is 4.48. The normalized spacial score (nSPS) is 18.5. The van der Waals surface area contributed by atoms with Crippen molar-refractivity contribution in [1.82, 2.24) is 0 Å². The van der Waals surface area contributed by atoms with E-state index in [-0.39, 0.29) is 0 Å². The van der Waals surface area contributed by atoms with Gasteiger partial charge in [-0.15, -0.1) is 0 Å². The Morgan fingerprint density at radius 2 is 2.24 bits per heavy atom. The van der Waals surface area contributed by atoms with Crippen LogP contribution in [0.1, 0.15) is 24.4 Å². The summed E-state index contributed by atoms with van der Waals surface area (Å²) >= 11 is 5.91. The van der Waals surface area contributed by atoms with E-state index in [4.69, 9.17) is 22.1 Å². The van der Waals surface area contributed by atoms with Crippen LogP contribution in [0.25, 0.3) is 0 Å². The Labute approximate surface area is 104 Å². The summed E-state index contributed by atoms with van der Waals surface area (Å²) in [7, 11) is 1.53. The Morgan fingerprint density at radius 1 is 1.59 bits per heavy atom. The summed E-state index contributed by atoms with van der Waals surface area (Å²) < 4.78 is 5.19. The summed E-state index contributed by atoms with van der Waals surface area (Å²) in [6.07, 6.45) is 1.19. The van der Waals surface area contributed by atoms with Gasteiger partial charge < -0.3 is 15.6 Å². The quantitative estimate of drug-likeness (QED) is 0.865. The van der Waals surface area contributed by atoms with Crippen LogP contribution in [0.5, 0.6) is 5.75 Å². The second-order valence-electron chi connectivity index (χ2n) is 4.33. The van der Waals surface area contributed by atoms with Crippen molar-refractivity contribution in [1.29, 1.82) is 0 Å². The fraction of sp³-hybridized carbons (Fsp3) is 0.417. The third kappa shape index (κ3) is 1.98. The minimum Gasteiger partial charge on any atom is -0.496 e. The smallest absolute Gasteiger partial charge is 0.311 e. The highest BCUT2D eigenvalue weighted by Gasteiger charge is 2.55. The number of hydrogen-bond acceptors (Lipinski definition) is 3. The molecule has 1 aliphatic carbocycles. The molecule has 1 unspecified atom stereocenters. The van der Waals surface area contributed by atoms with Gasteiger partial charge in [-0.05, 0) is 31.0 Å². The monoisotopic (exact) mass is 255 g/mol. The molecule has 1 aliphatic rings. The van der Waals surface area contributed by atoms with Crippen molar-refractivity contribution >= 4 is 17.6 Å². The van der Waals surface area contributed by atoms with E-state index >= 15 is 0 Å². The van der Waals surface area contributed by atoms with Gasteiger partial charge in [0.25, 0.3) is 0 Å². The van der Waals surface area contributed by atoms with E-state index in [9.17, 15) is 9.90 Å². The standard InChI is InChI=1S/C12H14ClNO3/c1-17-9-3-2-7(13)6-8(9)10(14)12(4-5-12)11(15)16/h2-3,6,10H,4-5,14H2,1H3,(H,15,16). The van der Waals surface area contributed by atoms with Crippen molar-refractivity contribution in [3.63, 3.8) is 0 Å². The first kappa shape index (κ1) is 12.2. The van der Waals surface area contributed by atoms with Crippen LogP contribution < -0.4 is 10.5 Å². The summed E-state index contributed by atoms with van der Waals surface area (Å²) in [6.45, 7) is 0. The second kappa shape index (κ2) is 4.20. The summed E-state index contributed by atoms with van der Waals surface area (Å²) in [5.74, 6) is -0.276. The van der Waals surface area contributed by atoms with E-state index in [0.717, 1.165) is 0 Å². The fourth-order valence-electron chi connectivity index (χ4n) is 2.04. The van der Waals surface area contributed by atoms with E-state index in [0.29, 0.717) is 29.2 Å². The largest absolute Gasteiger partial charge is 0.496 e. The molecule has 0 amide bonds. The van der Waals surface area contributed by atoms with Gasteiger partial charge in [0.1, 0.15) is 5.75 Å². The first-order chi connectivity index (χ1) is 8.01. The molecule has 3 N–H and O–H groups in total. The van der Waals surface area contributed by atoms with E-state index in [1.807, 2.05) is 0 Å². The van der Waals surface area contributed by atoms with Gasteiger partial charge in [-0.1, -0.05) is 11.6 Å². The van der Waals surface area contributed by atoms with Crippen LogP contribution in [0.4, 0.5) is 0 Å². The number of halogens is 1. The Balaban J connectivity index is 2.40. The molecule has 0 saturated heterocycles. The number of carbonyl (C=O) groups is 1. The Bertz CT molecular complexity index is 457. The molecule has 0 heterocycles. The maximum absolute atomic E-state index is 11.2. The van der Waals surface area contributed by atoms with Gasteiger partial charge in [0.2, 0.25) is 0 Å². The number of carboxylic acid groups (broad SMARTS) is 1. The van der Waals surface area contributed by atoms with Crippen molar-refractivity contribution in [2.75, 3.05) is 7.11 Å². The highest BCUT2D eigenvalue weighted by atomic mass is 35.5. The first-order valence-electron chi connectivity index (χ1n) is 5.33. The molecule has 1 saturated carbocycles. The lowest BCUT2D eigenvalue weighted by molar-refractivity contribution is -0.144. The lowest BCUT2D eigenvalue weighted by atomic mass is 9.90. The van der Waals surface area contributed by atoms with Crippen molar-refractivity contribution < 1.29 is 14.6 Å². The summed E-state index contributed by atoms with van der Waals surface area (Å²) in [5.41, 5.74) is 5.87. The number of aliphatic carboxylic acids is 1. The van der Waals surface area contributed by atoms with Gasteiger partial charge in [0.15, 0.2) is 0 Å². The van der Waals surface area contributed by atoms with Gasteiger partial charge in [-0.2, -0.15) is 0 Å². The van der Waals surface area contributed by atoms with Crippen LogP contribution in [0.3, 0.4) is 0 Å². The number of methoxy groups -OCH3 is 1. The van der Waals surface area contributed by atoms with E-state index in [2.05, 4.69) is 0 Å². The highest BCUT2D eigenvalue weighted by molar-refractivity contribution is 6.30. The molecule has 2 rings (SSSR count). The lowest BCUT2D eigenvalue weighted by Crippen LogP contribution is -2.30. The maximum atomic E-state index is 11.2. The first-order valence-corrected chi connectivity index (χ1v) is 5.71.